The van der Waals surface area contributed by atoms with Crippen molar-refractivity contribution in [2.75, 3.05) is 24.5 Å². The van der Waals surface area contributed by atoms with E-state index in [0.717, 1.165) is 37.8 Å². The van der Waals surface area contributed by atoms with Crippen LogP contribution in [0.5, 0.6) is 0 Å². The third kappa shape index (κ3) is 3.66. The summed E-state index contributed by atoms with van der Waals surface area (Å²) in [5, 5.41) is 2.98. The van der Waals surface area contributed by atoms with E-state index in [9.17, 15) is 18.4 Å². The monoisotopic (exact) mass is 337 g/mol. The number of anilines is 1. The highest BCUT2D eigenvalue weighted by molar-refractivity contribution is 5.96. The van der Waals surface area contributed by atoms with Gasteiger partial charge in [-0.2, -0.15) is 0 Å². The molecule has 7 heteroatoms. The van der Waals surface area contributed by atoms with Gasteiger partial charge in [0, 0.05) is 30.9 Å². The molecular weight excluding hydrogens is 316 g/mol. The number of halogens is 2. The van der Waals surface area contributed by atoms with Gasteiger partial charge in [0.25, 0.3) is 0 Å². The van der Waals surface area contributed by atoms with Crippen LogP contribution in [-0.4, -0.2) is 42.5 Å². The Bertz CT molecular complexity index is 632. The maximum absolute atomic E-state index is 13.3. The molecule has 1 aromatic rings. The zero-order chi connectivity index (χ0) is 17.1. The number of rotatable bonds is 4. The van der Waals surface area contributed by atoms with Gasteiger partial charge in [-0.25, -0.2) is 13.6 Å². The summed E-state index contributed by atoms with van der Waals surface area (Å²) in [6, 6.07) is 3.20. The van der Waals surface area contributed by atoms with Crippen molar-refractivity contribution < 1.29 is 18.4 Å². The average molecular weight is 337 g/mol. The lowest BCUT2D eigenvalue weighted by atomic mass is 9.95. The minimum Gasteiger partial charge on any atom is -0.352 e. The smallest absolute Gasteiger partial charge is 0.325 e. The Labute approximate surface area is 139 Å². The van der Waals surface area contributed by atoms with E-state index in [1.807, 2.05) is 0 Å². The van der Waals surface area contributed by atoms with Crippen LogP contribution in [0.25, 0.3) is 0 Å². The number of hydrogen-bond donors (Lipinski definition) is 1. The van der Waals surface area contributed by atoms with Gasteiger partial charge in [0.05, 0.1) is 0 Å². The van der Waals surface area contributed by atoms with Crippen LogP contribution in [0.15, 0.2) is 18.2 Å². The molecular formula is C17H21F2N3O2. The highest BCUT2D eigenvalue weighted by atomic mass is 19.2. The number of nitrogens with one attached hydrogen (secondary N) is 1. The second-order valence-corrected chi connectivity index (χ2v) is 6.36. The van der Waals surface area contributed by atoms with Crippen LogP contribution in [0.4, 0.5) is 19.3 Å². The number of carbonyl (C=O) groups excluding carboxylic acids is 2. The number of urea groups is 1. The van der Waals surface area contributed by atoms with E-state index in [2.05, 4.69) is 5.32 Å². The molecule has 3 rings (SSSR count). The predicted molar refractivity (Wildman–Crippen MR) is 85.7 cm³/mol. The topological polar surface area (TPSA) is 52.7 Å². The normalized spacial score (nSPS) is 19.0. The highest BCUT2D eigenvalue weighted by Crippen LogP contribution is 2.22. The van der Waals surface area contributed by atoms with E-state index in [4.69, 9.17) is 0 Å². The summed E-state index contributed by atoms with van der Waals surface area (Å²) in [5.74, 6) is -2.11. The SMILES string of the molecule is O=C(CN1CCN(c2ccc(F)c(F)c2)C1=O)NC1CCCCC1. The van der Waals surface area contributed by atoms with Gasteiger partial charge in [-0.3, -0.25) is 9.69 Å². The first-order valence-electron chi connectivity index (χ1n) is 8.35. The Hall–Kier alpha value is -2.18. The van der Waals surface area contributed by atoms with Crippen molar-refractivity contribution in [2.24, 2.45) is 0 Å². The van der Waals surface area contributed by atoms with Gasteiger partial charge in [0.1, 0.15) is 6.54 Å². The molecule has 1 aliphatic carbocycles. The number of amides is 3. The summed E-state index contributed by atoms with van der Waals surface area (Å²) < 4.78 is 26.3. The van der Waals surface area contributed by atoms with Crippen molar-refractivity contribution in [1.29, 1.82) is 0 Å². The number of benzene rings is 1. The zero-order valence-electron chi connectivity index (χ0n) is 13.4. The molecule has 0 atom stereocenters. The lowest BCUT2D eigenvalue weighted by Crippen LogP contribution is -2.44. The molecule has 24 heavy (non-hydrogen) atoms. The van der Waals surface area contributed by atoms with Crippen molar-refractivity contribution in [3.8, 4) is 0 Å². The van der Waals surface area contributed by atoms with E-state index < -0.39 is 11.6 Å². The van der Waals surface area contributed by atoms with Crippen LogP contribution in [0.1, 0.15) is 32.1 Å². The van der Waals surface area contributed by atoms with Gasteiger partial charge in [0.2, 0.25) is 5.91 Å². The molecule has 1 aliphatic heterocycles. The quantitative estimate of drug-likeness (QED) is 0.918. The molecule has 1 aromatic carbocycles. The lowest BCUT2D eigenvalue weighted by molar-refractivity contribution is -0.122. The zero-order valence-corrected chi connectivity index (χ0v) is 13.4. The summed E-state index contributed by atoms with van der Waals surface area (Å²) in [6.45, 7) is 0.728. The average Bonchev–Trinajstić information content (AvgIpc) is 2.92. The first kappa shape index (κ1) is 16.7. The van der Waals surface area contributed by atoms with Gasteiger partial charge in [-0.1, -0.05) is 19.3 Å². The van der Waals surface area contributed by atoms with Crippen LogP contribution in [-0.2, 0) is 4.79 Å². The fourth-order valence-corrected chi connectivity index (χ4v) is 3.32. The maximum atomic E-state index is 13.3. The van der Waals surface area contributed by atoms with Crippen molar-refractivity contribution >= 4 is 17.6 Å². The molecule has 0 radical (unpaired) electrons. The molecule has 0 unspecified atom stereocenters. The van der Waals surface area contributed by atoms with Crippen molar-refractivity contribution in [3.05, 3.63) is 29.8 Å². The predicted octanol–water partition coefficient (Wildman–Crippen LogP) is 2.66. The molecule has 1 saturated heterocycles. The van der Waals surface area contributed by atoms with Crippen molar-refractivity contribution in [3.63, 3.8) is 0 Å². The molecule has 130 valence electrons. The first-order valence-corrected chi connectivity index (χ1v) is 8.35. The van der Waals surface area contributed by atoms with Crippen LogP contribution in [0, 0.1) is 11.6 Å². The minimum atomic E-state index is -0.992. The van der Waals surface area contributed by atoms with Gasteiger partial charge in [0.15, 0.2) is 11.6 Å². The largest absolute Gasteiger partial charge is 0.352 e. The fraction of sp³-hybridized carbons (Fsp3) is 0.529. The molecule has 5 nitrogen and oxygen atoms in total. The molecule has 0 aromatic heterocycles. The van der Waals surface area contributed by atoms with E-state index in [-0.39, 0.29) is 24.5 Å². The minimum absolute atomic E-state index is 0.00445. The number of nitrogens with zero attached hydrogens (tertiary/aromatic N) is 2. The summed E-state index contributed by atoms with van der Waals surface area (Å²) in [6.07, 6.45) is 5.43. The van der Waals surface area contributed by atoms with Gasteiger partial charge in [-0.05, 0) is 25.0 Å². The molecule has 2 aliphatic rings. The second kappa shape index (κ2) is 7.15. The van der Waals surface area contributed by atoms with E-state index >= 15 is 0 Å². The van der Waals surface area contributed by atoms with Crippen LogP contribution in [0.3, 0.4) is 0 Å². The molecule has 0 bridgehead atoms. The standard InChI is InChI=1S/C17H21F2N3O2/c18-14-7-6-13(10-15(14)19)22-9-8-21(17(22)24)11-16(23)20-12-4-2-1-3-5-12/h6-7,10,12H,1-5,8-9,11H2,(H,20,23). The third-order valence-electron chi connectivity index (χ3n) is 4.61. The van der Waals surface area contributed by atoms with Gasteiger partial charge in [-0.15, -0.1) is 0 Å². The maximum Gasteiger partial charge on any atom is 0.325 e. The Morgan fingerprint density at radius 2 is 1.88 bits per heavy atom. The molecule has 2 fully saturated rings. The first-order chi connectivity index (χ1) is 11.5. The molecule has 1 N–H and O–H groups in total. The lowest BCUT2D eigenvalue weighted by Gasteiger charge is -2.24. The summed E-state index contributed by atoms with van der Waals surface area (Å²) in [4.78, 5) is 27.3. The van der Waals surface area contributed by atoms with Crippen LogP contribution >= 0.6 is 0 Å². The number of carbonyl (C=O) groups is 2. The van der Waals surface area contributed by atoms with Crippen LogP contribution in [0.2, 0.25) is 0 Å². The third-order valence-corrected chi connectivity index (χ3v) is 4.61. The Balaban J connectivity index is 1.57. The van der Waals surface area contributed by atoms with Crippen LogP contribution < -0.4 is 10.2 Å². The summed E-state index contributed by atoms with van der Waals surface area (Å²) in [7, 11) is 0. The van der Waals surface area contributed by atoms with E-state index in [1.165, 1.54) is 22.3 Å². The Morgan fingerprint density at radius 3 is 2.58 bits per heavy atom. The Kier molecular flexibility index (Phi) is 4.97. The fourth-order valence-electron chi connectivity index (χ4n) is 3.32. The highest BCUT2D eigenvalue weighted by Gasteiger charge is 2.31. The molecule has 0 spiro atoms. The van der Waals surface area contributed by atoms with Crippen molar-refractivity contribution in [1.82, 2.24) is 10.2 Å². The Morgan fingerprint density at radius 1 is 1.12 bits per heavy atom. The molecule has 1 heterocycles. The van der Waals surface area contributed by atoms with E-state index in [1.54, 1.807) is 0 Å². The van der Waals surface area contributed by atoms with Gasteiger partial charge < -0.3 is 10.2 Å². The molecule has 1 saturated carbocycles. The summed E-state index contributed by atoms with van der Waals surface area (Å²) in [5.41, 5.74) is 0.300. The van der Waals surface area contributed by atoms with Crippen molar-refractivity contribution in [2.45, 2.75) is 38.1 Å². The van der Waals surface area contributed by atoms with Gasteiger partial charge >= 0.3 is 6.03 Å². The van der Waals surface area contributed by atoms with E-state index in [0.29, 0.717) is 18.8 Å². The number of hydrogen-bond acceptors (Lipinski definition) is 2. The summed E-state index contributed by atoms with van der Waals surface area (Å²) >= 11 is 0. The molecule has 3 amide bonds. The second-order valence-electron chi connectivity index (χ2n) is 6.36.